The summed E-state index contributed by atoms with van der Waals surface area (Å²) in [5.74, 6) is 1.32. The number of nitrogens with zero attached hydrogens (tertiary/aromatic N) is 2. The summed E-state index contributed by atoms with van der Waals surface area (Å²) < 4.78 is 14.2. The van der Waals surface area contributed by atoms with Gasteiger partial charge in [-0.1, -0.05) is 5.92 Å². The van der Waals surface area contributed by atoms with Crippen molar-refractivity contribution < 1.29 is 9.18 Å². The number of aromatic nitrogens is 2. The number of nitrogens with one attached hydrogen (secondary N) is 1. The lowest BCUT2D eigenvalue weighted by atomic mass is 10.2. The van der Waals surface area contributed by atoms with E-state index in [0.29, 0.717) is 5.52 Å². The molecule has 0 aliphatic rings. The third-order valence-electron chi connectivity index (χ3n) is 2.49. The van der Waals surface area contributed by atoms with Crippen molar-refractivity contribution >= 4 is 16.8 Å². The number of rotatable bonds is 3. The van der Waals surface area contributed by atoms with E-state index in [1.807, 2.05) is 0 Å². The molecule has 0 aliphatic carbocycles. The van der Waals surface area contributed by atoms with E-state index in [-0.39, 0.29) is 18.5 Å². The second-order valence-corrected chi connectivity index (χ2v) is 3.82. The van der Waals surface area contributed by atoms with Crippen LogP contribution in [0, 0.1) is 18.2 Å². The summed E-state index contributed by atoms with van der Waals surface area (Å²) in [6.07, 6.45) is 6.25. The van der Waals surface area contributed by atoms with Crippen LogP contribution in [-0.4, -0.2) is 22.0 Å². The first-order valence-corrected chi connectivity index (χ1v) is 5.46. The van der Waals surface area contributed by atoms with E-state index in [1.165, 1.54) is 18.5 Å². The van der Waals surface area contributed by atoms with Crippen molar-refractivity contribution in [2.75, 3.05) is 6.54 Å². The summed E-state index contributed by atoms with van der Waals surface area (Å²) in [4.78, 5) is 27.5. The topological polar surface area (TPSA) is 64.0 Å². The molecule has 0 bridgehead atoms. The smallest absolute Gasteiger partial charge is 0.261 e. The average Bonchev–Trinajstić information content (AvgIpc) is 2.40. The van der Waals surface area contributed by atoms with E-state index in [9.17, 15) is 14.0 Å². The third-order valence-corrected chi connectivity index (χ3v) is 2.49. The minimum Gasteiger partial charge on any atom is -0.344 e. The van der Waals surface area contributed by atoms with Crippen LogP contribution < -0.4 is 10.9 Å². The summed E-state index contributed by atoms with van der Waals surface area (Å²) in [7, 11) is 0. The first-order chi connectivity index (χ1) is 9.11. The summed E-state index contributed by atoms with van der Waals surface area (Å²) in [5.41, 5.74) is -0.0907. The minimum atomic E-state index is -0.527. The first kappa shape index (κ1) is 12.8. The standard InChI is InChI=1S/C13H10FN3O2/c1-2-5-15-12(18)7-17-8-16-11-4-3-9(14)6-10(11)13(17)19/h1,3-4,6,8H,5,7H2,(H,15,18). The lowest BCUT2D eigenvalue weighted by Gasteiger charge is -2.06. The molecule has 1 aromatic heterocycles. The molecule has 2 rings (SSSR count). The van der Waals surface area contributed by atoms with Crippen LogP contribution in [0.4, 0.5) is 4.39 Å². The molecule has 1 heterocycles. The predicted octanol–water partition coefficient (Wildman–Crippen LogP) is 0.285. The Morgan fingerprint density at radius 3 is 3.05 bits per heavy atom. The molecule has 0 atom stereocenters. The summed E-state index contributed by atoms with van der Waals surface area (Å²) in [6.45, 7) is -0.122. The van der Waals surface area contributed by atoms with E-state index in [4.69, 9.17) is 6.42 Å². The fourth-order valence-electron chi connectivity index (χ4n) is 1.60. The maximum Gasteiger partial charge on any atom is 0.261 e. The largest absolute Gasteiger partial charge is 0.344 e. The van der Waals surface area contributed by atoms with E-state index >= 15 is 0 Å². The van der Waals surface area contributed by atoms with Crippen molar-refractivity contribution in [3.63, 3.8) is 0 Å². The lowest BCUT2D eigenvalue weighted by Crippen LogP contribution is -2.32. The highest BCUT2D eigenvalue weighted by Crippen LogP contribution is 2.08. The average molecular weight is 259 g/mol. The molecule has 1 amide bonds. The number of carbonyl (C=O) groups is 1. The highest BCUT2D eigenvalue weighted by atomic mass is 19.1. The van der Waals surface area contributed by atoms with Crippen LogP contribution in [0.3, 0.4) is 0 Å². The second-order valence-electron chi connectivity index (χ2n) is 3.82. The number of carbonyl (C=O) groups excluding carboxylic acids is 1. The molecule has 0 unspecified atom stereocenters. The maximum absolute atomic E-state index is 13.1. The van der Waals surface area contributed by atoms with E-state index < -0.39 is 17.3 Å². The Hall–Kier alpha value is -2.68. The van der Waals surface area contributed by atoms with Crippen molar-refractivity contribution in [3.05, 3.63) is 40.7 Å². The molecule has 5 nitrogen and oxygen atoms in total. The molecule has 0 aliphatic heterocycles. The van der Waals surface area contributed by atoms with Crippen LogP contribution in [0.1, 0.15) is 0 Å². The Morgan fingerprint density at radius 2 is 2.32 bits per heavy atom. The van der Waals surface area contributed by atoms with Crippen LogP contribution >= 0.6 is 0 Å². The van der Waals surface area contributed by atoms with Crippen LogP contribution in [0.5, 0.6) is 0 Å². The molecule has 2 aromatic rings. The molecule has 6 heteroatoms. The van der Waals surface area contributed by atoms with Gasteiger partial charge in [-0.05, 0) is 18.2 Å². The lowest BCUT2D eigenvalue weighted by molar-refractivity contribution is -0.121. The zero-order valence-electron chi connectivity index (χ0n) is 9.89. The van der Waals surface area contributed by atoms with Gasteiger partial charge in [0, 0.05) is 0 Å². The van der Waals surface area contributed by atoms with Gasteiger partial charge in [0.05, 0.1) is 23.8 Å². The predicted molar refractivity (Wildman–Crippen MR) is 67.8 cm³/mol. The quantitative estimate of drug-likeness (QED) is 0.805. The van der Waals surface area contributed by atoms with Crippen LogP contribution in [-0.2, 0) is 11.3 Å². The zero-order chi connectivity index (χ0) is 13.8. The molecule has 0 radical (unpaired) electrons. The Balaban J connectivity index is 2.35. The van der Waals surface area contributed by atoms with Crippen molar-refractivity contribution in [3.8, 4) is 12.3 Å². The number of fused-ring (bicyclic) bond motifs is 1. The van der Waals surface area contributed by atoms with Crippen molar-refractivity contribution in [1.29, 1.82) is 0 Å². The van der Waals surface area contributed by atoms with Gasteiger partial charge in [0.25, 0.3) is 5.56 Å². The fraction of sp³-hybridized carbons (Fsp3) is 0.154. The van der Waals surface area contributed by atoms with Crippen LogP contribution in [0.15, 0.2) is 29.3 Å². The van der Waals surface area contributed by atoms with E-state index in [1.54, 1.807) is 0 Å². The molecular weight excluding hydrogens is 249 g/mol. The molecule has 19 heavy (non-hydrogen) atoms. The second kappa shape index (κ2) is 5.31. The van der Waals surface area contributed by atoms with Crippen LogP contribution in [0.2, 0.25) is 0 Å². The van der Waals surface area contributed by atoms with Gasteiger partial charge in [0.15, 0.2) is 0 Å². The Bertz CT molecular complexity index is 731. The highest BCUT2D eigenvalue weighted by molar-refractivity contribution is 5.79. The number of benzene rings is 1. The highest BCUT2D eigenvalue weighted by Gasteiger charge is 2.08. The molecule has 1 N–H and O–H groups in total. The fourth-order valence-corrected chi connectivity index (χ4v) is 1.60. The van der Waals surface area contributed by atoms with Gasteiger partial charge >= 0.3 is 0 Å². The number of amides is 1. The molecule has 0 spiro atoms. The maximum atomic E-state index is 13.1. The van der Waals surface area contributed by atoms with Gasteiger partial charge in [-0.3, -0.25) is 14.2 Å². The number of terminal acetylenes is 1. The third kappa shape index (κ3) is 2.77. The summed E-state index contributed by atoms with van der Waals surface area (Å²) in [5, 5.41) is 2.56. The minimum absolute atomic E-state index is 0.0865. The van der Waals surface area contributed by atoms with Gasteiger partial charge in [-0.25, -0.2) is 9.37 Å². The molecular formula is C13H10FN3O2. The Kier molecular flexibility index (Phi) is 3.57. The van der Waals surface area contributed by atoms with Crippen molar-refractivity contribution in [2.24, 2.45) is 0 Å². The monoisotopic (exact) mass is 259 g/mol. The zero-order valence-corrected chi connectivity index (χ0v) is 9.89. The van der Waals surface area contributed by atoms with Gasteiger partial charge in [-0.2, -0.15) is 0 Å². The Labute approximate surface area is 108 Å². The molecule has 0 saturated carbocycles. The summed E-state index contributed by atoms with van der Waals surface area (Å²) in [6, 6.07) is 3.73. The molecule has 96 valence electrons. The van der Waals surface area contributed by atoms with Gasteiger partial charge in [0.1, 0.15) is 12.4 Å². The number of hydrogen-bond donors (Lipinski definition) is 1. The summed E-state index contributed by atoms with van der Waals surface area (Å²) >= 11 is 0. The van der Waals surface area contributed by atoms with Gasteiger partial charge in [0.2, 0.25) is 5.91 Å². The van der Waals surface area contributed by atoms with E-state index in [2.05, 4.69) is 16.2 Å². The number of hydrogen-bond acceptors (Lipinski definition) is 3. The van der Waals surface area contributed by atoms with Crippen LogP contribution in [0.25, 0.3) is 10.9 Å². The molecule has 0 fully saturated rings. The van der Waals surface area contributed by atoms with Gasteiger partial charge in [-0.15, -0.1) is 6.42 Å². The Morgan fingerprint density at radius 1 is 1.53 bits per heavy atom. The van der Waals surface area contributed by atoms with Gasteiger partial charge < -0.3 is 5.32 Å². The molecule has 0 saturated heterocycles. The van der Waals surface area contributed by atoms with Crippen molar-refractivity contribution in [2.45, 2.75) is 6.54 Å². The van der Waals surface area contributed by atoms with Crippen molar-refractivity contribution in [1.82, 2.24) is 14.9 Å². The van der Waals surface area contributed by atoms with E-state index in [0.717, 1.165) is 10.6 Å². The molecule has 1 aromatic carbocycles. The number of halogens is 1. The normalized spacial score (nSPS) is 10.1. The first-order valence-electron chi connectivity index (χ1n) is 5.46. The SMILES string of the molecule is C#CCNC(=O)Cn1cnc2ccc(F)cc2c1=O.